The topological polar surface area (TPSA) is 110 Å². The average Bonchev–Trinajstić information content (AvgIpc) is 2.87. The van der Waals surface area contributed by atoms with Crippen LogP contribution >= 0.6 is 0 Å². The van der Waals surface area contributed by atoms with Crippen molar-refractivity contribution in [3.05, 3.63) is 0 Å². The molecule has 1 aliphatic carbocycles. The number of primary amides is 1. The zero-order valence-corrected chi connectivity index (χ0v) is 10.6. The summed E-state index contributed by atoms with van der Waals surface area (Å²) in [4.78, 5) is 36.3. The van der Waals surface area contributed by atoms with Gasteiger partial charge >= 0.3 is 5.97 Å². The smallest absolute Gasteiger partial charge is 0.307 e. The lowest BCUT2D eigenvalue weighted by Gasteiger charge is -2.35. The van der Waals surface area contributed by atoms with Gasteiger partial charge in [-0.3, -0.25) is 14.4 Å². The minimum Gasteiger partial charge on any atom is -0.481 e. The fourth-order valence-electron chi connectivity index (χ4n) is 2.87. The first-order valence-corrected chi connectivity index (χ1v) is 6.42. The minimum absolute atomic E-state index is 0.0888. The van der Waals surface area contributed by atoms with Crippen molar-refractivity contribution in [3.63, 3.8) is 0 Å². The summed E-state index contributed by atoms with van der Waals surface area (Å²) in [5.74, 6) is -3.03. The number of morpholine rings is 1. The molecule has 1 heterocycles. The number of hydrogen-bond acceptors (Lipinski definition) is 4. The molecule has 0 aromatic carbocycles. The average molecular weight is 270 g/mol. The predicted octanol–water partition coefficient (Wildman–Crippen LogP) is -0.800. The van der Waals surface area contributed by atoms with Gasteiger partial charge in [-0.1, -0.05) is 6.42 Å². The molecule has 106 valence electrons. The third-order valence-electron chi connectivity index (χ3n) is 3.89. The molecule has 3 atom stereocenters. The zero-order valence-electron chi connectivity index (χ0n) is 10.6. The van der Waals surface area contributed by atoms with E-state index in [-0.39, 0.29) is 19.1 Å². The lowest BCUT2D eigenvalue weighted by Crippen LogP contribution is -2.56. The zero-order chi connectivity index (χ0) is 14.0. The molecule has 19 heavy (non-hydrogen) atoms. The Kier molecular flexibility index (Phi) is 4.04. The molecule has 2 rings (SSSR count). The Labute approximate surface area is 110 Å². The number of rotatable bonds is 3. The van der Waals surface area contributed by atoms with Crippen LogP contribution in [0.3, 0.4) is 0 Å². The van der Waals surface area contributed by atoms with Crippen LogP contribution in [-0.4, -0.2) is 53.6 Å². The first-order valence-electron chi connectivity index (χ1n) is 6.42. The second-order valence-corrected chi connectivity index (χ2v) is 5.01. The second-order valence-electron chi connectivity index (χ2n) is 5.01. The van der Waals surface area contributed by atoms with E-state index in [2.05, 4.69) is 0 Å². The van der Waals surface area contributed by atoms with Gasteiger partial charge in [0.1, 0.15) is 6.04 Å². The Morgan fingerprint density at radius 3 is 2.53 bits per heavy atom. The molecule has 0 aromatic rings. The molecule has 1 saturated heterocycles. The molecule has 1 unspecified atom stereocenters. The van der Waals surface area contributed by atoms with Crippen LogP contribution in [0, 0.1) is 11.8 Å². The van der Waals surface area contributed by atoms with Crippen molar-refractivity contribution in [2.75, 3.05) is 19.8 Å². The molecule has 0 radical (unpaired) electrons. The molecule has 0 bridgehead atoms. The van der Waals surface area contributed by atoms with E-state index in [4.69, 9.17) is 15.6 Å². The van der Waals surface area contributed by atoms with Crippen molar-refractivity contribution in [2.45, 2.75) is 25.3 Å². The Morgan fingerprint density at radius 2 is 1.89 bits per heavy atom. The summed E-state index contributed by atoms with van der Waals surface area (Å²) < 4.78 is 5.15. The third kappa shape index (κ3) is 2.70. The quantitative estimate of drug-likeness (QED) is 0.697. The molecular weight excluding hydrogens is 252 g/mol. The van der Waals surface area contributed by atoms with E-state index in [1.807, 2.05) is 0 Å². The summed E-state index contributed by atoms with van der Waals surface area (Å²) in [6, 6.07) is -0.781. The van der Waals surface area contributed by atoms with E-state index in [0.29, 0.717) is 19.4 Å². The maximum absolute atomic E-state index is 12.4. The van der Waals surface area contributed by atoms with Gasteiger partial charge in [0.05, 0.1) is 25.0 Å². The standard InChI is InChI=1S/C12H18N2O5/c13-10(15)9-6-19-5-4-14(9)11(16)7-2-1-3-8(7)12(17)18/h7-9H,1-6H2,(H2,13,15)(H,17,18)/t7-,8+,9?/m1/s1. The molecule has 0 aromatic heterocycles. The number of aliphatic carboxylic acids is 1. The largest absolute Gasteiger partial charge is 0.481 e. The molecule has 1 saturated carbocycles. The molecule has 7 nitrogen and oxygen atoms in total. The number of ether oxygens (including phenoxy) is 1. The van der Waals surface area contributed by atoms with Crippen molar-refractivity contribution >= 4 is 17.8 Å². The Hall–Kier alpha value is -1.63. The van der Waals surface area contributed by atoms with Gasteiger partial charge in [-0.15, -0.1) is 0 Å². The Bertz CT molecular complexity index is 398. The molecular formula is C12H18N2O5. The highest BCUT2D eigenvalue weighted by atomic mass is 16.5. The van der Waals surface area contributed by atoms with Gasteiger partial charge in [-0.25, -0.2) is 0 Å². The van der Waals surface area contributed by atoms with Crippen molar-refractivity contribution in [1.29, 1.82) is 0 Å². The van der Waals surface area contributed by atoms with Crippen LogP contribution in [0.1, 0.15) is 19.3 Å². The van der Waals surface area contributed by atoms with E-state index in [9.17, 15) is 14.4 Å². The summed E-state index contributed by atoms with van der Waals surface area (Å²) in [5, 5.41) is 9.12. The van der Waals surface area contributed by atoms with Gasteiger partial charge in [-0.2, -0.15) is 0 Å². The first-order chi connectivity index (χ1) is 9.02. The van der Waals surface area contributed by atoms with Crippen molar-refractivity contribution in [1.82, 2.24) is 4.90 Å². The second kappa shape index (κ2) is 5.56. The van der Waals surface area contributed by atoms with E-state index in [1.165, 1.54) is 4.90 Å². The monoisotopic (exact) mass is 270 g/mol. The number of carbonyl (C=O) groups excluding carboxylic acids is 2. The molecule has 3 N–H and O–H groups in total. The molecule has 2 amide bonds. The normalized spacial score (nSPS) is 31.2. The van der Waals surface area contributed by atoms with Crippen molar-refractivity contribution in [2.24, 2.45) is 17.6 Å². The number of amides is 2. The van der Waals surface area contributed by atoms with Crippen LogP contribution in [0.5, 0.6) is 0 Å². The van der Waals surface area contributed by atoms with Gasteiger partial charge in [0.15, 0.2) is 0 Å². The number of nitrogens with zero attached hydrogens (tertiary/aromatic N) is 1. The lowest BCUT2D eigenvalue weighted by molar-refractivity contribution is -0.155. The summed E-state index contributed by atoms with van der Waals surface area (Å²) in [5.41, 5.74) is 5.26. The highest BCUT2D eigenvalue weighted by Crippen LogP contribution is 2.34. The van der Waals surface area contributed by atoms with Gasteiger partial charge in [0.25, 0.3) is 0 Å². The number of carbonyl (C=O) groups is 3. The fourth-order valence-corrected chi connectivity index (χ4v) is 2.87. The van der Waals surface area contributed by atoms with Gasteiger partial charge < -0.3 is 20.5 Å². The lowest BCUT2D eigenvalue weighted by atomic mass is 9.94. The SMILES string of the molecule is NC(=O)C1COCCN1C(=O)[C@@H]1CCC[C@@H]1C(=O)O. The molecule has 0 spiro atoms. The third-order valence-corrected chi connectivity index (χ3v) is 3.89. The van der Waals surface area contributed by atoms with Crippen molar-refractivity contribution in [3.8, 4) is 0 Å². The maximum atomic E-state index is 12.4. The highest BCUT2D eigenvalue weighted by molar-refractivity contribution is 5.90. The van der Waals surface area contributed by atoms with Crippen LogP contribution in [-0.2, 0) is 19.1 Å². The highest BCUT2D eigenvalue weighted by Gasteiger charge is 2.42. The Morgan fingerprint density at radius 1 is 1.21 bits per heavy atom. The molecule has 7 heteroatoms. The fraction of sp³-hybridized carbons (Fsp3) is 0.750. The van der Waals surface area contributed by atoms with Crippen molar-refractivity contribution < 1.29 is 24.2 Å². The van der Waals surface area contributed by atoms with Crippen LogP contribution in [0.2, 0.25) is 0 Å². The predicted molar refractivity (Wildman–Crippen MR) is 64.0 cm³/mol. The van der Waals surface area contributed by atoms with E-state index < -0.39 is 29.8 Å². The van der Waals surface area contributed by atoms with E-state index in [0.717, 1.165) is 6.42 Å². The van der Waals surface area contributed by atoms with E-state index in [1.54, 1.807) is 0 Å². The number of carboxylic acids is 1. The summed E-state index contributed by atoms with van der Waals surface area (Å²) in [6.45, 7) is 0.723. The minimum atomic E-state index is -0.945. The van der Waals surface area contributed by atoms with Crippen LogP contribution in [0.25, 0.3) is 0 Å². The van der Waals surface area contributed by atoms with Gasteiger partial charge in [0.2, 0.25) is 11.8 Å². The van der Waals surface area contributed by atoms with Crippen LogP contribution in [0.4, 0.5) is 0 Å². The number of nitrogens with two attached hydrogens (primary N) is 1. The van der Waals surface area contributed by atoms with Gasteiger partial charge in [-0.05, 0) is 12.8 Å². The maximum Gasteiger partial charge on any atom is 0.307 e. The summed E-state index contributed by atoms with van der Waals surface area (Å²) >= 11 is 0. The van der Waals surface area contributed by atoms with Crippen LogP contribution in [0.15, 0.2) is 0 Å². The van der Waals surface area contributed by atoms with Crippen LogP contribution < -0.4 is 5.73 Å². The van der Waals surface area contributed by atoms with Gasteiger partial charge in [0, 0.05) is 6.54 Å². The number of carboxylic acid groups (broad SMARTS) is 1. The van der Waals surface area contributed by atoms with E-state index >= 15 is 0 Å². The summed E-state index contributed by atoms with van der Waals surface area (Å²) in [6.07, 6.45) is 1.79. The number of hydrogen-bond donors (Lipinski definition) is 2. The molecule has 1 aliphatic heterocycles. The molecule has 2 aliphatic rings. The first kappa shape index (κ1) is 13.8. The molecule has 2 fully saturated rings. The summed E-state index contributed by atoms with van der Waals surface area (Å²) in [7, 11) is 0. The Balaban J connectivity index is 2.13.